The Bertz CT molecular complexity index is 410. The zero-order chi connectivity index (χ0) is 13.9. The first-order valence-electron chi connectivity index (χ1n) is 7.17. The summed E-state index contributed by atoms with van der Waals surface area (Å²) in [6.07, 6.45) is 7.36. The van der Waals surface area contributed by atoms with Crippen molar-refractivity contribution >= 4 is 16.0 Å². The molecular weight excluding hydrogens is 266 g/mol. The second-order valence-electron chi connectivity index (χ2n) is 5.91. The second-order valence-corrected chi connectivity index (χ2v) is 7.93. The van der Waals surface area contributed by atoms with E-state index < -0.39 is 16.0 Å². The van der Waals surface area contributed by atoms with Crippen LogP contribution in [-0.4, -0.2) is 42.6 Å². The molecular formula is C13H23NO4S. The molecule has 5 nitrogen and oxygen atoms in total. The second kappa shape index (κ2) is 6.22. The molecule has 2 saturated carbocycles. The number of rotatable bonds is 7. The molecule has 6 heteroatoms. The van der Waals surface area contributed by atoms with Crippen molar-refractivity contribution in [1.82, 2.24) is 4.31 Å². The first-order valence-corrected chi connectivity index (χ1v) is 8.78. The SMILES string of the molecule is O=C(O)CN(CC1CC1)S(=O)(=O)CC1CCCCC1. The summed E-state index contributed by atoms with van der Waals surface area (Å²) in [4.78, 5) is 10.8. The number of nitrogens with zero attached hydrogens (tertiary/aromatic N) is 1. The van der Waals surface area contributed by atoms with Crippen LogP contribution in [0.15, 0.2) is 0 Å². The molecule has 0 amide bonds. The van der Waals surface area contributed by atoms with Gasteiger partial charge in [-0.15, -0.1) is 0 Å². The predicted molar refractivity (Wildman–Crippen MR) is 72.3 cm³/mol. The third kappa shape index (κ3) is 4.76. The van der Waals surface area contributed by atoms with Gasteiger partial charge in [0.1, 0.15) is 6.54 Å². The lowest BCUT2D eigenvalue weighted by atomic mass is 9.91. The van der Waals surface area contributed by atoms with Gasteiger partial charge in [0.05, 0.1) is 5.75 Å². The molecule has 2 rings (SSSR count). The Balaban J connectivity index is 1.97. The Morgan fingerprint density at radius 2 is 1.68 bits per heavy atom. The van der Waals surface area contributed by atoms with Gasteiger partial charge in [0.15, 0.2) is 0 Å². The molecule has 1 N–H and O–H groups in total. The number of sulfonamides is 1. The molecule has 0 aromatic rings. The van der Waals surface area contributed by atoms with Gasteiger partial charge in [-0.05, 0) is 37.5 Å². The summed E-state index contributed by atoms with van der Waals surface area (Å²) in [6.45, 7) is 0.00685. The molecule has 110 valence electrons. The van der Waals surface area contributed by atoms with Crippen LogP contribution in [-0.2, 0) is 14.8 Å². The standard InChI is InChI=1S/C13H23NO4S/c15-13(16)9-14(8-11-6-7-11)19(17,18)10-12-4-2-1-3-5-12/h11-12H,1-10H2,(H,15,16). The van der Waals surface area contributed by atoms with Gasteiger partial charge in [-0.25, -0.2) is 8.42 Å². The number of carboxylic acid groups (broad SMARTS) is 1. The van der Waals surface area contributed by atoms with Gasteiger partial charge in [-0.3, -0.25) is 4.79 Å². The Kier molecular flexibility index (Phi) is 4.84. The van der Waals surface area contributed by atoms with E-state index in [9.17, 15) is 13.2 Å². The van der Waals surface area contributed by atoms with Crippen LogP contribution >= 0.6 is 0 Å². The molecule has 0 unspecified atom stereocenters. The maximum Gasteiger partial charge on any atom is 0.318 e. The average molecular weight is 289 g/mol. The lowest BCUT2D eigenvalue weighted by molar-refractivity contribution is -0.137. The number of carboxylic acids is 1. The minimum atomic E-state index is -3.42. The molecule has 0 aromatic carbocycles. The lowest BCUT2D eigenvalue weighted by Gasteiger charge is -2.26. The number of aliphatic carboxylic acids is 1. The van der Waals surface area contributed by atoms with Crippen LogP contribution in [0.25, 0.3) is 0 Å². The van der Waals surface area contributed by atoms with Crippen molar-refractivity contribution < 1.29 is 18.3 Å². The van der Waals surface area contributed by atoms with Crippen LogP contribution in [0.1, 0.15) is 44.9 Å². The first kappa shape index (κ1) is 14.8. The largest absolute Gasteiger partial charge is 0.480 e. The van der Waals surface area contributed by atoms with E-state index in [-0.39, 0.29) is 18.2 Å². The average Bonchev–Trinajstić information content (AvgIpc) is 3.12. The topological polar surface area (TPSA) is 74.7 Å². The fourth-order valence-electron chi connectivity index (χ4n) is 2.77. The molecule has 0 aromatic heterocycles. The summed E-state index contributed by atoms with van der Waals surface area (Å²) in [5.41, 5.74) is 0. The monoisotopic (exact) mass is 289 g/mol. The number of hydrogen-bond acceptors (Lipinski definition) is 3. The Morgan fingerprint density at radius 3 is 2.21 bits per heavy atom. The van der Waals surface area contributed by atoms with Gasteiger partial charge in [-0.1, -0.05) is 19.3 Å². The van der Waals surface area contributed by atoms with E-state index in [1.807, 2.05) is 0 Å². The number of carbonyl (C=O) groups is 1. The maximum atomic E-state index is 12.4. The van der Waals surface area contributed by atoms with Crippen molar-refractivity contribution in [2.24, 2.45) is 11.8 Å². The van der Waals surface area contributed by atoms with E-state index in [2.05, 4.69) is 0 Å². The normalized spacial score (nSPS) is 21.7. The van der Waals surface area contributed by atoms with Crippen molar-refractivity contribution in [3.05, 3.63) is 0 Å². The van der Waals surface area contributed by atoms with Crippen LogP contribution in [0.4, 0.5) is 0 Å². The lowest BCUT2D eigenvalue weighted by Crippen LogP contribution is -2.40. The van der Waals surface area contributed by atoms with Crippen molar-refractivity contribution in [3.8, 4) is 0 Å². The van der Waals surface area contributed by atoms with E-state index in [4.69, 9.17) is 5.11 Å². The van der Waals surface area contributed by atoms with Gasteiger partial charge in [0.2, 0.25) is 10.0 Å². The molecule has 2 aliphatic carbocycles. The Hall–Kier alpha value is -0.620. The highest BCUT2D eigenvalue weighted by atomic mass is 32.2. The van der Waals surface area contributed by atoms with E-state index in [0.717, 1.165) is 38.5 Å². The molecule has 0 spiro atoms. The molecule has 2 aliphatic rings. The van der Waals surface area contributed by atoms with Crippen LogP contribution < -0.4 is 0 Å². The van der Waals surface area contributed by atoms with Crippen molar-refractivity contribution in [3.63, 3.8) is 0 Å². The van der Waals surface area contributed by atoms with Gasteiger partial charge in [-0.2, -0.15) is 4.31 Å². The van der Waals surface area contributed by atoms with Crippen LogP contribution in [0.2, 0.25) is 0 Å². The van der Waals surface area contributed by atoms with Gasteiger partial charge < -0.3 is 5.11 Å². The van der Waals surface area contributed by atoms with Crippen molar-refractivity contribution in [2.45, 2.75) is 44.9 Å². The zero-order valence-corrected chi connectivity index (χ0v) is 12.1. The van der Waals surface area contributed by atoms with Crippen molar-refractivity contribution in [2.75, 3.05) is 18.8 Å². The van der Waals surface area contributed by atoms with Gasteiger partial charge >= 0.3 is 5.97 Å². The minimum absolute atomic E-state index is 0.132. The Labute approximate surface area is 115 Å². The molecule has 0 heterocycles. The molecule has 0 atom stereocenters. The van der Waals surface area contributed by atoms with Crippen molar-refractivity contribution in [1.29, 1.82) is 0 Å². The molecule has 0 radical (unpaired) electrons. The van der Waals surface area contributed by atoms with Gasteiger partial charge in [0.25, 0.3) is 0 Å². The fraction of sp³-hybridized carbons (Fsp3) is 0.923. The smallest absolute Gasteiger partial charge is 0.318 e. The molecule has 0 saturated heterocycles. The third-order valence-electron chi connectivity index (χ3n) is 4.03. The summed E-state index contributed by atoms with van der Waals surface area (Å²) in [5.74, 6) is -0.338. The molecule has 0 bridgehead atoms. The summed E-state index contributed by atoms with van der Waals surface area (Å²) in [6, 6.07) is 0. The van der Waals surface area contributed by atoms with Gasteiger partial charge in [0, 0.05) is 6.54 Å². The minimum Gasteiger partial charge on any atom is -0.480 e. The molecule has 0 aliphatic heterocycles. The summed E-state index contributed by atoms with van der Waals surface area (Å²) in [5, 5.41) is 8.88. The predicted octanol–water partition coefficient (Wildman–Crippen LogP) is 1.69. The maximum absolute atomic E-state index is 12.4. The fourth-order valence-corrected chi connectivity index (χ4v) is 4.66. The highest BCUT2D eigenvalue weighted by Gasteiger charge is 2.33. The summed E-state index contributed by atoms with van der Waals surface area (Å²) < 4.78 is 25.9. The zero-order valence-electron chi connectivity index (χ0n) is 11.3. The summed E-state index contributed by atoms with van der Waals surface area (Å²) in [7, 11) is -3.42. The number of hydrogen-bond donors (Lipinski definition) is 1. The molecule has 19 heavy (non-hydrogen) atoms. The van der Waals surface area contributed by atoms with Crippen LogP contribution in [0, 0.1) is 11.8 Å². The van der Waals surface area contributed by atoms with E-state index in [1.54, 1.807) is 0 Å². The van der Waals surface area contributed by atoms with E-state index in [1.165, 1.54) is 10.7 Å². The Morgan fingerprint density at radius 1 is 1.05 bits per heavy atom. The van der Waals surface area contributed by atoms with Crippen LogP contribution in [0.3, 0.4) is 0 Å². The third-order valence-corrected chi connectivity index (χ3v) is 5.99. The van der Waals surface area contributed by atoms with E-state index >= 15 is 0 Å². The van der Waals surface area contributed by atoms with E-state index in [0.29, 0.717) is 12.5 Å². The molecule has 2 fully saturated rings. The highest BCUT2D eigenvalue weighted by molar-refractivity contribution is 7.89. The highest BCUT2D eigenvalue weighted by Crippen LogP contribution is 2.31. The summed E-state index contributed by atoms with van der Waals surface area (Å²) >= 11 is 0. The van der Waals surface area contributed by atoms with Crippen LogP contribution in [0.5, 0.6) is 0 Å². The quantitative estimate of drug-likeness (QED) is 0.774. The first-order chi connectivity index (χ1) is 8.97.